The Morgan fingerprint density at radius 3 is 2.47 bits per heavy atom. The predicted octanol–water partition coefficient (Wildman–Crippen LogP) is 4.75. The second-order valence-electron chi connectivity index (χ2n) is 4.11. The molecule has 3 nitrogen and oxygen atoms in total. The van der Waals surface area contributed by atoms with Crippen LogP contribution in [0.1, 0.15) is 5.56 Å². The third kappa shape index (κ3) is 3.09. The quantitative estimate of drug-likeness (QED) is 0.464. The molecule has 0 aliphatic heterocycles. The van der Waals surface area contributed by atoms with E-state index in [1.165, 1.54) is 0 Å². The van der Waals surface area contributed by atoms with Crippen LogP contribution >= 0.6 is 15.9 Å². The highest BCUT2D eigenvalue weighted by Crippen LogP contribution is 2.31. The summed E-state index contributed by atoms with van der Waals surface area (Å²) in [5, 5.41) is 11.2. The van der Waals surface area contributed by atoms with Crippen LogP contribution in [0.4, 0.5) is 5.69 Å². The summed E-state index contributed by atoms with van der Waals surface area (Å²) in [5.74, 6) is 0. The first kappa shape index (κ1) is 13.5. The van der Waals surface area contributed by atoms with Gasteiger partial charge in [0.25, 0.3) is 5.69 Å². The van der Waals surface area contributed by atoms with E-state index in [-0.39, 0.29) is 10.6 Å². The number of nitro groups is 1. The van der Waals surface area contributed by atoms with Crippen LogP contribution in [0.2, 0.25) is 0 Å². The molecule has 4 heteroatoms. The summed E-state index contributed by atoms with van der Waals surface area (Å²) < 4.78 is 0.946. The van der Waals surface area contributed by atoms with Crippen molar-refractivity contribution in [2.75, 3.05) is 0 Å². The topological polar surface area (TPSA) is 43.1 Å². The van der Waals surface area contributed by atoms with E-state index in [2.05, 4.69) is 22.5 Å². The van der Waals surface area contributed by atoms with Gasteiger partial charge in [0.1, 0.15) is 0 Å². The fraction of sp³-hybridized carbons (Fsp3) is 0.0667. The van der Waals surface area contributed by atoms with Gasteiger partial charge in [0.2, 0.25) is 0 Å². The molecule has 96 valence electrons. The lowest BCUT2D eigenvalue weighted by Crippen LogP contribution is -1.94. The van der Waals surface area contributed by atoms with Gasteiger partial charge in [0, 0.05) is 10.5 Å². The smallest absolute Gasteiger partial charge is 0.258 e. The number of allylic oxidation sites excluding steroid dienone is 1. The minimum atomic E-state index is -0.343. The van der Waals surface area contributed by atoms with Crippen LogP contribution in [0.5, 0.6) is 0 Å². The number of halogens is 1. The molecule has 0 N–H and O–H groups in total. The Hall–Kier alpha value is -1.94. The summed E-state index contributed by atoms with van der Waals surface area (Å²) in [4.78, 5) is 10.8. The highest BCUT2D eigenvalue weighted by atomic mass is 79.9. The number of rotatable bonds is 4. The van der Waals surface area contributed by atoms with Crippen LogP contribution in [0.25, 0.3) is 11.1 Å². The lowest BCUT2D eigenvalue weighted by Gasteiger charge is -2.05. The average molecular weight is 318 g/mol. The van der Waals surface area contributed by atoms with Gasteiger partial charge in [-0.1, -0.05) is 40.2 Å². The molecule has 0 aliphatic rings. The fourth-order valence-electron chi connectivity index (χ4n) is 1.90. The van der Waals surface area contributed by atoms with Gasteiger partial charge in [-0.15, -0.1) is 6.58 Å². The zero-order valence-corrected chi connectivity index (χ0v) is 11.8. The number of nitro benzene ring substituents is 1. The van der Waals surface area contributed by atoms with Gasteiger partial charge < -0.3 is 0 Å². The molecule has 2 aromatic carbocycles. The van der Waals surface area contributed by atoms with Crippen molar-refractivity contribution in [1.29, 1.82) is 0 Å². The molecule has 0 bridgehead atoms. The van der Waals surface area contributed by atoms with Gasteiger partial charge in [-0.25, -0.2) is 0 Å². The van der Waals surface area contributed by atoms with Gasteiger partial charge in [-0.05, 0) is 35.7 Å². The van der Waals surface area contributed by atoms with Crippen LogP contribution in [0.3, 0.4) is 0 Å². The Morgan fingerprint density at radius 1 is 1.21 bits per heavy atom. The second-order valence-corrected chi connectivity index (χ2v) is 5.02. The van der Waals surface area contributed by atoms with E-state index >= 15 is 0 Å². The molecule has 0 unspecified atom stereocenters. The Bertz CT molecular complexity index is 621. The van der Waals surface area contributed by atoms with Crippen molar-refractivity contribution in [2.45, 2.75) is 6.42 Å². The fourth-order valence-corrected chi connectivity index (χ4v) is 2.16. The largest absolute Gasteiger partial charge is 0.277 e. The van der Waals surface area contributed by atoms with E-state index in [0.29, 0.717) is 12.0 Å². The van der Waals surface area contributed by atoms with E-state index in [0.717, 1.165) is 15.6 Å². The molecule has 0 fully saturated rings. The third-order valence-electron chi connectivity index (χ3n) is 2.79. The van der Waals surface area contributed by atoms with Crippen molar-refractivity contribution in [2.24, 2.45) is 0 Å². The Labute approximate surface area is 119 Å². The predicted molar refractivity (Wildman–Crippen MR) is 80.1 cm³/mol. The minimum absolute atomic E-state index is 0.127. The Kier molecular flexibility index (Phi) is 4.12. The van der Waals surface area contributed by atoms with Gasteiger partial charge in [-0.3, -0.25) is 10.1 Å². The summed E-state index contributed by atoms with van der Waals surface area (Å²) in [6.07, 6.45) is 2.36. The Balaban J connectivity index is 2.53. The number of hydrogen-bond acceptors (Lipinski definition) is 2. The van der Waals surface area contributed by atoms with Crippen LogP contribution in [0, 0.1) is 10.1 Å². The maximum absolute atomic E-state index is 11.2. The second kappa shape index (κ2) is 5.80. The molecule has 0 amide bonds. The molecule has 0 aliphatic carbocycles. The molecule has 0 heterocycles. The molecule has 0 saturated carbocycles. The lowest BCUT2D eigenvalue weighted by molar-refractivity contribution is -0.384. The first-order valence-corrected chi connectivity index (χ1v) is 6.55. The summed E-state index contributed by atoms with van der Waals surface area (Å²) in [6, 6.07) is 12.8. The molecule has 2 aromatic rings. The maximum atomic E-state index is 11.2. The van der Waals surface area contributed by atoms with Gasteiger partial charge in [0.15, 0.2) is 0 Å². The SMILES string of the molecule is C=CCc1ccc(-c2ccc(Br)cc2)c([N+](=O)[O-])c1. The zero-order valence-electron chi connectivity index (χ0n) is 10.2. The number of benzene rings is 2. The minimum Gasteiger partial charge on any atom is -0.258 e. The molecule has 0 saturated heterocycles. The third-order valence-corrected chi connectivity index (χ3v) is 3.32. The van der Waals surface area contributed by atoms with Gasteiger partial charge in [0.05, 0.1) is 10.5 Å². The van der Waals surface area contributed by atoms with E-state index in [1.807, 2.05) is 30.3 Å². The van der Waals surface area contributed by atoms with Crippen molar-refractivity contribution in [3.8, 4) is 11.1 Å². The number of nitrogens with zero attached hydrogens (tertiary/aromatic N) is 1. The Morgan fingerprint density at radius 2 is 1.89 bits per heavy atom. The summed E-state index contributed by atoms with van der Waals surface area (Å²) in [5.41, 5.74) is 2.48. The van der Waals surface area contributed by atoms with Crippen molar-refractivity contribution in [3.63, 3.8) is 0 Å². The zero-order chi connectivity index (χ0) is 13.8. The standard InChI is InChI=1S/C15H12BrNO2/c1-2-3-11-4-9-14(15(10-11)17(18)19)12-5-7-13(16)8-6-12/h2,4-10H,1,3H2. The van der Waals surface area contributed by atoms with Crippen molar-refractivity contribution in [3.05, 3.63) is 75.3 Å². The maximum Gasteiger partial charge on any atom is 0.277 e. The lowest BCUT2D eigenvalue weighted by atomic mass is 10.0. The summed E-state index contributed by atoms with van der Waals surface area (Å²) in [7, 11) is 0. The normalized spacial score (nSPS) is 10.2. The molecule has 0 radical (unpaired) electrons. The molecular formula is C15H12BrNO2. The van der Waals surface area contributed by atoms with Gasteiger partial charge >= 0.3 is 0 Å². The van der Waals surface area contributed by atoms with E-state index in [9.17, 15) is 10.1 Å². The van der Waals surface area contributed by atoms with Crippen LogP contribution in [-0.2, 0) is 6.42 Å². The molecule has 2 rings (SSSR count). The van der Waals surface area contributed by atoms with E-state index < -0.39 is 0 Å². The van der Waals surface area contributed by atoms with Crippen LogP contribution < -0.4 is 0 Å². The summed E-state index contributed by atoms with van der Waals surface area (Å²) in [6.45, 7) is 3.65. The van der Waals surface area contributed by atoms with Crippen molar-refractivity contribution >= 4 is 21.6 Å². The van der Waals surface area contributed by atoms with Crippen LogP contribution in [-0.4, -0.2) is 4.92 Å². The summed E-state index contributed by atoms with van der Waals surface area (Å²) >= 11 is 3.35. The highest BCUT2D eigenvalue weighted by Gasteiger charge is 2.15. The average Bonchev–Trinajstić information content (AvgIpc) is 2.40. The monoisotopic (exact) mass is 317 g/mol. The molecule has 0 atom stereocenters. The number of hydrogen-bond donors (Lipinski definition) is 0. The first-order chi connectivity index (χ1) is 9.11. The van der Waals surface area contributed by atoms with Gasteiger partial charge in [-0.2, -0.15) is 0 Å². The van der Waals surface area contributed by atoms with Crippen LogP contribution in [0.15, 0.2) is 59.6 Å². The van der Waals surface area contributed by atoms with E-state index in [4.69, 9.17) is 0 Å². The molecule has 0 aromatic heterocycles. The van der Waals surface area contributed by atoms with E-state index in [1.54, 1.807) is 18.2 Å². The molecular weight excluding hydrogens is 306 g/mol. The highest BCUT2D eigenvalue weighted by molar-refractivity contribution is 9.10. The first-order valence-electron chi connectivity index (χ1n) is 5.76. The molecule has 0 spiro atoms. The molecule has 19 heavy (non-hydrogen) atoms. The van der Waals surface area contributed by atoms with Crippen molar-refractivity contribution in [1.82, 2.24) is 0 Å². The van der Waals surface area contributed by atoms with Crippen molar-refractivity contribution < 1.29 is 4.92 Å².